The summed E-state index contributed by atoms with van der Waals surface area (Å²) in [6, 6.07) is 0.928. The molecule has 3 fully saturated rings. The van der Waals surface area contributed by atoms with E-state index < -0.39 is 141 Å². The molecule has 420 valence electrons. The molecule has 8 heterocycles. The van der Waals surface area contributed by atoms with E-state index in [2.05, 4.69) is 38.9 Å². The van der Waals surface area contributed by atoms with Crippen LogP contribution in [-0.4, -0.2) is 175 Å². The fourth-order valence-electron chi connectivity index (χ4n) is 8.51. The molecule has 0 spiro atoms. The highest BCUT2D eigenvalue weighted by molar-refractivity contribution is 7.66. The number of hydrogen-bond donors (Lipinski definition) is 11. The number of nitrogens with one attached hydrogen (secondary N) is 3. The van der Waals surface area contributed by atoms with E-state index in [1.807, 2.05) is 4.98 Å². The molecule has 3 aliphatic heterocycles. The summed E-state index contributed by atoms with van der Waals surface area (Å²) in [5.74, 6) is -1.00. The van der Waals surface area contributed by atoms with Crippen molar-refractivity contribution in [3.63, 3.8) is 0 Å². The molecular formula is C35H51N12O25P4+. The van der Waals surface area contributed by atoms with Crippen LogP contribution in [0, 0.1) is 5.92 Å². The second kappa shape index (κ2) is 22.6. The summed E-state index contributed by atoms with van der Waals surface area (Å²) in [4.78, 5) is 100. The van der Waals surface area contributed by atoms with Crippen LogP contribution in [0.2, 0.25) is 0 Å². The summed E-state index contributed by atoms with van der Waals surface area (Å²) < 4.78 is 115. The first-order chi connectivity index (χ1) is 35.8. The number of aliphatic hydroxyl groups excluding tert-OH is 3. The molecule has 0 bridgehead atoms. The van der Waals surface area contributed by atoms with Gasteiger partial charge in [0, 0.05) is 38.9 Å². The van der Waals surface area contributed by atoms with Crippen LogP contribution in [0.25, 0.3) is 22.3 Å². The average molecular weight is 1160 g/mol. The second-order valence-corrected chi connectivity index (χ2v) is 22.9. The van der Waals surface area contributed by atoms with Gasteiger partial charge in [0.15, 0.2) is 23.9 Å². The third kappa shape index (κ3) is 12.3. The van der Waals surface area contributed by atoms with E-state index in [9.17, 15) is 67.5 Å². The van der Waals surface area contributed by atoms with Crippen LogP contribution in [0.3, 0.4) is 0 Å². The predicted octanol–water partition coefficient (Wildman–Crippen LogP) is -3.12. The zero-order valence-corrected chi connectivity index (χ0v) is 43.4. The van der Waals surface area contributed by atoms with Crippen LogP contribution in [0.1, 0.15) is 25.6 Å². The Labute approximate surface area is 424 Å². The zero-order valence-electron chi connectivity index (χ0n) is 39.8. The number of nitrogen functional groups attached to an aromatic ring is 1. The van der Waals surface area contributed by atoms with Crippen molar-refractivity contribution in [3.05, 3.63) is 62.4 Å². The Hall–Kier alpha value is -4.62. The third-order valence-electron chi connectivity index (χ3n) is 11.8. The van der Waals surface area contributed by atoms with Gasteiger partial charge in [-0.05, 0) is 6.92 Å². The molecule has 8 rings (SSSR count). The number of methoxy groups -OCH3 is 2. The largest absolute Gasteiger partial charge is 0.490 e. The van der Waals surface area contributed by atoms with Crippen LogP contribution in [0.15, 0.2) is 45.6 Å². The Kier molecular flexibility index (Phi) is 17.1. The summed E-state index contributed by atoms with van der Waals surface area (Å²) in [5.41, 5.74) is 3.82. The summed E-state index contributed by atoms with van der Waals surface area (Å²) in [6.45, 7) is -1.29. The van der Waals surface area contributed by atoms with Gasteiger partial charge in [-0.2, -0.15) is 18.2 Å². The van der Waals surface area contributed by atoms with Crippen molar-refractivity contribution in [1.82, 2.24) is 43.6 Å². The highest BCUT2D eigenvalue weighted by atomic mass is 31.3. The lowest BCUT2D eigenvalue weighted by Crippen LogP contribution is -2.38. The van der Waals surface area contributed by atoms with Gasteiger partial charge in [0.1, 0.15) is 54.6 Å². The summed E-state index contributed by atoms with van der Waals surface area (Å²) in [6.07, 6.45) is -13.2. The summed E-state index contributed by atoms with van der Waals surface area (Å²) in [7, 11) is -19.5. The first kappa shape index (κ1) is 57.6. The molecule has 5 unspecified atom stereocenters. The SMILES string of the molecule is CCNc1nc2c(c(=O)[nH]1)[n+](C)cn2[C@@H]1O[C@H](COP(=O)(O)OP(=O)(O)OP(=O)(O)OCC2O[C@@H](n3cnc4c(N)ncnc43)[C@H](OC)[C@@H]2OP(=O)(O)OC[C@H]2O[C@@H](n3ccc(=O)[nH]c3=O)[C@H](O)[C@@H]2O)[C@@H](COC)[C@H]1O. The Morgan fingerprint density at radius 2 is 1.38 bits per heavy atom. The molecule has 16 atom stereocenters. The molecule has 0 radical (unpaired) electrons. The number of aryl methyl sites for hydroxylation is 1. The highest BCUT2D eigenvalue weighted by Gasteiger charge is 2.54. The van der Waals surface area contributed by atoms with Gasteiger partial charge in [-0.15, -0.1) is 0 Å². The van der Waals surface area contributed by atoms with Gasteiger partial charge >= 0.3 is 42.5 Å². The van der Waals surface area contributed by atoms with Gasteiger partial charge in [-0.25, -0.2) is 42.6 Å². The van der Waals surface area contributed by atoms with Gasteiger partial charge < -0.3 is 69.6 Å². The Bertz CT molecular complexity index is 3300. The Morgan fingerprint density at radius 1 is 0.750 bits per heavy atom. The molecule has 76 heavy (non-hydrogen) atoms. The maximum atomic E-state index is 13.6. The van der Waals surface area contributed by atoms with Crippen molar-refractivity contribution in [2.45, 2.75) is 74.4 Å². The number of aromatic nitrogens is 10. The molecule has 0 amide bonds. The number of ether oxygens (including phenoxy) is 5. The van der Waals surface area contributed by atoms with Crippen LogP contribution in [0.5, 0.6) is 0 Å². The first-order valence-corrected chi connectivity index (χ1v) is 28.1. The number of phosphoric acid groups is 4. The molecule has 0 aromatic carbocycles. The number of anilines is 2. The molecular weight excluding hydrogens is 1110 g/mol. The third-order valence-corrected chi connectivity index (χ3v) is 17.1. The average Bonchev–Trinajstić information content (AvgIpc) is 4.13. The van der Waals surface area contributed by atoms with Crippen LogP contribution in [-0.2, 0) is 75.7 Å². The van der Waals surface area contributed by atoms with Crippen molar-refractivity contribution in [2.75, 3.05) is 58.2 Å². The number of H-pyrrole nitrogens is 2. The van der Waals surface area contributed by atoms with Crippen LogP contribution >= 0.6 is 31.3 Å². The Balaban J connectivity index is 0.939. The number of fused-ring (bicyclic) bond motifs is 2. The molecule has 3 saturated heterocycles. The van der Waals surface area contributed by atoms with E-state index in [0.29, 0.717) is 6.54 Å². The number of imidazole rings is 2. The number of phosphoric ester groups is 3. The second-order valence-electron chi connectivity index (χ2n) is 16.8. The number of nitrogens with zero attached hydrogens (tertiary/aromatic N) is 8. The van der Waals surface area contributed by atoms with E-state index in [4.69, 9.17) is 47.5 Å². The number of hydrogen-bond acceptors (Lipinski definition) is 27. The van der Waals surface area contributed by atoms with Gasteiger partial charge in [0.2, 0.25) is 18.5 Å². The van der Waals surface area contributed by atoms with Crippen molar-refractivity contribution in [2.24, 2.45) is 13.0 Å². The lowest BCUT2D eigenvalue weighted by atomic mass is 9.99. The fraction of sp³-hybridized carbons (Fsp3) is 0.600. The van der Waals surface area contributed by atoms with Crippen molar-refractivity contribution in [3.8, 4) is 0 Å². The van der Waals surface area contributed by atoms with Crippen molar-refractivity contribution >= 4 is 65.4 Å². The van der Waals surface area contributed by atoms with Gasteiger partial charge in [-0.3, -0.25) is 46.8 Å². The normalized spacial score (nSPS) is 30.1. The van der Waals surface area contributed by atoms with Crippen molar-refractivity contribution < 1.29 is 108 Å². The van der Waals surface area contributed by atoms with Crippen LogP contribution in [0.4, 0.5) is 11.8 Å². The molecule has 5 aromatic rings. The maximum absolute atomic E-state index is 13.6. The molecule has 0 aliphatic carbocycles. The molecule has 5 aromatic heterocycles. The highest BCUT2D eigenvalue weighted by Crippen LogP contribution is 2.68. The van der Waals surface area contributed by atoms with Gasteiger partial charge in [0.05, 0.1) is 45.9 Å². The predicted molar refractivity (Wildman–Crippen MR) is 247 cm³/mol. The minimum atomic E-state index is -6.18. The quantitative estimate of drug-likeness (QED) is 0.0228. The van der Waals surface area contributed by atoms with Gasteiger partial charge in [0.25, 0.3) is 16.7 Å². The Morgan fingerprint density at radius 3 is 2.04 bits per heavy atom. The number of aliphatic hydroxyl groups is 3. The topological polar surface area (TPSA) is 502 Å². The molecule has 37 nitrogen and oxygen atoms in total. The lowest BCUT2D eigenvalue weighted by Gasteiger charge is -2.26. The van der Waals surface area contributed by atoms with E-state index in [1.54, 1.807) is 6.92 Å². The number of nitrogens with two attached hydrogens (primary N) is 1. The summed E-state index contributed by atoms with van der Waals surface area (Å²) >= 11 is 0. The first-order valence-electron chi connectivity index (χ1n) is 22.1. The van der Waals surface area contributed by atoms with Gasteiger partial charge in [-0.1, -0.05) is 0 Å². The smallest absolute Gasteiger partial charge is 0.387 e. The van der Waals surface area contributed by atoms with Crippen LogP contribution < -0.4 is 32.4 Å². The zero-order chi connectivity index (χ0) is 55.2. The monoisotopic (exact) mass is 1160 g/mol. The minimum Gasteiger partial charge on any atom is -0.387 e. The number of rotatable bonds is 23. The van der Waals surface area contributed by atoms with Crippen molar-refractivity contribution in [1.29, 1.82) is 0 Å². The van der Waals surface area contributed by atoms with E-state index in [1.165, 1.54) is 34.2 Å². The molecule has 41 heteroatoms. The minimum absolute atomic E-state index is 0.0118. The van der Waals surface area contributed by atoms with E-state index in [0.717, 1.165) is 36.6 Å². The van der Waals surface area contributed by atoms with E-state index >= 15 is 0 Å². The van der Waals surface area contributed by atoms with E-state index in [-0.39, 0.29) is 40.7 Å². The standard InChI is InChI=1S/C35H50N12O25P4/c1-5-37-34-42-29-21(30(52)43-34)44(2)14-47(29)31-22(49)15(8-62-3)16(67-31)9-65-74(56,57)71-76(60,61)72-75(58,59)66-11-18-25(26(63-4)33(69-18)46-13-40-20-27(36)38-12-39-28(20)46)70-73(54,55)64-10-17-23(50)24(51)32(68-17)45-7-6-19(48)41-35(45)53/h6-7,12-18,22-26,31-33,49-51H,5,8-11H2,1-4H3,(H8-,36,37,38,39,41,42,43,48,52,53,54,55,56,57,58,59,60,61)/p+1/t15-,16-,17-,18?,22-,23-,24-,25-,26-,31-,32-,33-/m1/s1. The molecule has 12 N–H and O–H groups in total. The maximum Gasteiger partial charge on any atom is 0.490 e. The fourth-order valence-corrected chi connectivity index (χ4v) is 13.0. The molecule has 0 saturated carbocycles. The summed E-state index contributed by atoms with van der Waals surface area (Å²) in [5, 5.41) is 35.5. The molecule has 3 aliphatic rings. The number of aromatic amines is 2. The lowest BCUT2D eigenvalue weighted by molar-refractivity contribution is -0.646.